The first-order chi connectivity index (χ1) is 14.5. The molecule has 0 aliphatic rings. The van der Waals surface area contributed by atoms with E-state index in [-0.39, 0.29) is 22.9 Å². The Morgan fingerprint density at radius 1 is 1.37 bits per heavy atom. The number of hydrogen-bond donors (Lipinski definition) is 1. The van der Waals surface area contributed by atoms with E-state index >= 15 is 0 Å². The molecule has 1 atom stereocenters. The van der Waals surface area contributed by atoms with E-state index in [1.807, 2.05) is 35.8 Å². The Hall–Kier alpha value is -2.36. The Morgan fingerprint density at radius 3 is 2.83 bits per heavy atom. The second-order valence-electron chi connectivity index (χ2n) is 6.13. The zero-order chi connectivity index (χ0) is 21.5. The first-order valence-corrected chi connectivity index (χ1v) is 11.1. The third-order valence-electron chi connectivity index (χ3n) is 3.91. The summed E-state index contributed by atoms with van der Waals surface area (Å²) < 4.78 is 8.84. The van der Waals surface area contributed by atoms with Crippen LogP contribution in [0.5, 0.6) is 5.75 Å². The largest absolute Gasteiger partial charge is 0.483 e. The van der Waals surface area contributed by atoms with E-state index in [1.165, 1.54) is 11.8 Å². The fourth-order valence-electron chi connectivity index (χ4n) is 2.57. The van der Waals surface area contributed by atoms with Gasteiger partial charge in [-0.15, -0.1) is 16.8 Å². The number of carbonyl (C=O) groups is 1. The quantitative estimate of drug-likeness (QED) is 0.245. The summed E-state index contributed by atoms with van der Waals surface area (Å²) in [5, 5.41) is 12.1. The van der Waals surface area contributed by atoms with E-state index in [0.29, 0.717) is 23.2 Å². The molecule has 0 aliphatic heterocycles. The lowest BCUT2D eigenvalue weighted by atomic mass is 10.3. The lowest BCUT2D eigenvalue weighted by molar-refractivity contribution is -0.113. The lowest BCUT2D eigenvalue weighted by Crippen LogP contribution is -2.16. The Balaban J connectivity index is 1.67. The Bertz CT molecular complexity index is 1030. The van der Waals surface area contributed by atoms with Crippen LogP contribution >= 0.6 is 39.3 Å². The summed E-state index contributed by atoms with van der Waals surface area (Å²) in [5.41, 5.74) is 0.467. The standard InChI is InChI=1S/C20H19BrClN5O2S/c1-3-11-27-19(13(2)29-15-8-6-14(21)7-9-15)25-26-20(27)30-12-17(28)24-16-5-4-10-23-18(16)22/h3-10,13H,1,11-12H2,2H3,(H,24,28). The van der Waals surface area contributed by atoms with Crippen molar-refractivity contribution in [3.8, 4) is 5.75 Å². The molecule has 156 valence electrons. The third-order valence-corrected chi connectivity index (χ3v) is 5.71. The molecular weight excluding hydrogens is 490 g/mol. The van der Waals surface area contributed by atoms with Crippen LogP contribution in [-0.2, 0) is 11.3 Å². The van der Waals surface area contributed by atoms with Crippen LogP contribution in [0.15, 0.2) is 64.9 Å². The number of hydrogen-bond acceptors (Lipinski definition) is 6. The number of carbonyl (C=O) groups excluding carboxylic acids is 1. The summed E-state index contributed by atoms with van der Waals surface area (Å²) in [7, 11) is 0. The van der Waals surface area contributed by atoms with Crippen molar-refractivity contribution in [1.82, 2.24) is 19.7 Å². The van der Waals surface area contributed by atoms with Gasteiger partial charge in [-0.2, -0.15) is 0 Å². The second-order valence-corrected chi connectivity index (χ2v) is 8.35. The van der Waals surface area contributed by atoms with Gasteiger partial charge in [0.1, 0.15) is 5.75 Å². The van der Waals surface area contributed by atoms with Gasteiger partial charge in [-0.1, -0.05) is 45.4 Å². The van der Waals surface area contributed by atoms with E-state index in [2.05, 4.69) is 43.0 Å². The lowest BCUT2D eigenvalue weighted by Gasteiger charge is -2.15. The molecule has 1 aromatic carbocycles. The minimum atomic E-state index is -0.337. The molecule has 7 nitrogen and oxygen atoms in total. The SMILES string of the molecule is C=CCn1c(SCC(=O)Nc2cccnc2Cl)nnc1C(C)Oc1ccc(Br)cc1. The van der Waals surface area contributed by atoms with Gasteiger partial charge >= 0.3 is 0 Å². The Morgan fingerprint density at radius 2 is 2.13 bits per heavy atom. The molecule has 1 N–H and O–H groups in total. The maximum atomic E-state index is 12.3. The van der Waals surface area contributed by atoms with E-state index < -0.39 is 0 Å². The number of nitrogens with one attached hydrogen (secondary N) is 1. The third kappa shape index (κ3) is 5.84. The smallest absolute Gasteiger partial charge is 0.234 e. The molecule has 3 rings (SSSR count). The number of nitrogens with zero attached hydrogens (tertiary/aromatic N) is 4. The first kappa shape index (κ1) is 22.3. The summed E-state index contributed by atoms with van der Waals surface area (Å²) >= 11 is 10.7. The zero-order valence-electron chi connectivity index (χ0n) is 16.1. The number of anilines is 1. The van der Waals surface area contributed by atoms with Gasteiger partial charge in [0.25, 0.3) is 0 Å². The highest BCUT2D eigenvalue weighted by Gasteiger charge is 2.20. The van der Waals surface area contributed by atoms with Crippen molar-refractivity contribution in [2.24, 2.45) is 0 Å². The normalized spacial score (nSPS) is 11.7. The summed E-state index contributed by atoms with van der Waals surface area (Å²) in [4.78, 5) is 16.2. The minimum Gasteiger partial charge on any atom is -0.483 e. The molecular formula is C20H19BrClN5O2S. The number of rotatable bonds is 9. The van der Waals surface area contributed by atoms with Gasteiger partial charge in [0.05, 0.1) is 11.4 Å². The fraction of sp³-hybridized carbons (Fsp3) is 0.200. The Labute approximate surface area is 192 Å². The maximum absolute atomic E-state index is 12.3. The predicted molar refractivity (Wildman–Crippen MR) is 122 cm³/mol. The minimum absolute atomic E-state index is 0.141. The number of benzene rings is 1. The molecule has 0 fully saturated rings. The molecule has 30 heavy (non-hydrogen) atoms. The van der Waals surface area contributed by atoms with E-state index in [0.717, 1.165) is 10.2 Å². The van der Waals surface area contributed by atoms with Crippen LogP contribution in [0, 0.1) is 0 Å². The second kappa shape index (κ2) is 10.6. The molecule has 2 heterocycles. The number of aromatic nitrogens is 4. The van der Waals surface area contributed by atoms with Crippen molar-refractivity contribution in [1.29, 1.82) is 0 Å². The maximum Gasteiger partial charge on any atom is 0.234 e. The van der Waals surface area contributed by atoms with Gasteiger partial charge in [0, 0.05) is 17.2 Å². The number of allylic oxidation sites excluding steroid dienone is 1. The van der Waals surface area contributed by atoms with Gasteiger partial charge in [-0.25, -0.2) is 4.98 Å². The highest BCUT2D eigenvalue weighted by atomic mass is 79.9. The number of amides is 1. The number of ether oxygens (including phenoxy) is 1. The molecule has 0 bridgehead atoms. The predicted octanol–water partition coefficient (Wildman–Crippen LogP) is 5.15. The molecule has 2 aromatic heterocycles. The van der Waals surface area contributed by atoms with Crippen molar-refractivity contribution in [3.05, 3.63) is 70.7 Å². The number of thioether (sulfide) groups is 1. The van der Waals surface area contributed by atoms with E-state index in [1.54, 1.807) is 24.4 Å². The van der Waals surface area contributed by atoms with Crippen LogP contribution in [0.25, 0.3) is 0 Å². The monoisotopic (exact) mass is 507 g/mol. The van der Waals surface area contributed by atoms with Gasteiger partial charge < -0.3 is 10.1 Å². The van der Waals surface area contributed by atoms with Crippen LogP contribution in [0.3, 0.4) is 0 Å². The molecule has 0 aliphatic carbocycles. The van der Waals surface area contributed by atoms with Gasteiger partial charge in [0.15, 0.2) is 22.2 Å². The van der Waals surface area contributed by atoms with Gasteiger partial charge in [-0.05, 0) is 43.3 Å². The molecule has 1 unspecified atom stereocenters. The number of pyridine rings is 1. The van der Waals surface area contributed by atoms with E-state index in [4.69, 9.17) is 16.3 Å². The van der Waals surface area contributed by atoms with Crippen LogP contribution in [-0.4, -0.2) is 31.4 Å². The number of halogens is 2. The average molecular weight is 509 g/mol. The van der Waals surface area contributed by atoms with Crippen LogP contribution in [0.4, 0.5) is 5.69 Å². The molecule has 1 amide bonds. The first-order valence-electron chi connectivity index (χ1n) is 8.97. The van der Waals surface area contributed by atoms with Crippen LogP contribution in [0.1, 0.15) is 18.9 Å². The van der Waals surface area contributed by atoms with Gasteiger partial charge in [-0.3, -0.25) is 9.36 Å². The molecule has 10 heteroatoms. The zero-order valence-corrected chi connectivity index (χ0v) is 19.2. The molecule has 0 radical (unpaired) electrons. The summed E-state index contributed by atoms with van der Waals surface area (Å²) in [6.07, 6.45) is 2.97. The molecule has 0 saturated carbocycles. The topological polar surface area (TPSA) is 81.9 Å². The van der Waals surface area contributed by atoms with E-state index in [9.17, 15) is 4.79 Å². The summed E-state index contributed by atoms with van der Waals surface area (Å²) in [5.74, 6) is 1.29. The van der Waals surface area contributed by atoms with Crippen molar-refractivity contribution in [2.45, 2.75) is 24.7 Å². The van der Waals surface area contributed by atoms with Crippen molar-refractivity contribution in [3.63, 3.8) is 0 Å². The van der Waals surface area contributed by atoms with Crippen molar-refractivity contribution in [2.75, 3.05) is 11.1 Å². The summed E-state index contributed by atoms with van der Waals surface area (Å²) in [6, 6.07) is 11.0. The average Bonchev–Trinajstić information content (AvgIpc) is 3.13. The van der Waals surface area contributed by atoms with Crippen molar-refractivity contribution >= 4 is 50.9 Å². The Kier molecular flexibility index (Phi) is 7.89. The highest BCUT2D eigenvalue weighted by Crippen LogP contribution is 2.26. The van der Waals surface area contributed by atoms with Gasteiger partial charge in [0.2, 0.25) is 5.91 Å². The summed E-state index contributed by atoms with van der Waals surface area (Å²) in [6.45, 7) is 6.19. The molecule has 0 spiro atoms. The molecule has 3 aromatic rings. The van der Waals surface area contributed by atoms with Crippen LogP contribution in [0.2, 0.25) is 5.15 Å². The highest BCUT2D eigenvalue weighted by molar-refractivity contribution is 9.10. The van der Waals surface area contributed by atoms with Crippen molar-refractivity contribution < 1.29 is 9.53 Å². The fourth-order valence-corrected chi connectivity index (χ4v) is 3.76. The molecule has 0 saturated heterocycles. The van der Waals surface area contributed by atoms with Crippen LogP contribution < -0.4 is 10.1 Å².